The lowest BCUT2D eigenvalue weighted by Gasteiger charge is -2.01. The SMILES string of the molecule is [CH2][Si](C)(C)C.[Cl][Mg][Cl]. The highest BCUT2D eigenvalue weighted by Crippen LogP contribution is 1.92. The van der Waals surface area contributed by atoms with E-state index in [0.717, 1.165) is 0 Å². The van der Waals surface area contributed by atoms with E-state index < -0.39 is 26.2 Å². The van der Waals surface area contributed by atoms with E-state index in [9.17, 15) is 0 Å². The van der Waals surface area contributed by atoms with Crippen LogP contribution in [0.25, 0.3) is 0 Å². The fourth-order valence-electron chi connectivity index (χ4n) is 0. The third kappa shape index (κ3) is 133. The van der Waals surface area contributed by atoms with Crippen molar-refractivity contribution in [2.75, 3.05) is 0 Å². The van der Waals surface area contributed by atoms with E-state index >= 15 is 0 Å². The summed E-state index contributed by atoms with van der Waals surface area (Å²) in [6, 6.07) is 0. The molecule has 0 aromatic rings. The summed E-state index contributed by atoms with van der Waals surface area (Å²) in [4.78, 5) is 0. The Balaban J connectivity index is 0. The van der Waals surface area contributed by atoms with Gasteiger partial charge in [0, 0.05) is 8.07 Å². The Morgan fingerprint density at radius 2 is 1.25 bits per heavy atom. The Bertz CT molecular complexity index is 37.8. The topological polar surface area (TPSA) is 0 Å². The number of hydrogen-bond donors (Lipinski definition) is 0. The molecule has 0 bridgehead atoms. The average Bonchev–Trinajstić information content (AvgIpc) is 1.27. The fourth-order valence-corrected chi connectivity index (χ4v) is 0. The lowest BCUT2D eigenvalue weighted by Crippen LogP contribution is -2.12. The van der Waals surface area contributed by atoms with Crippen LogP contribution in [-0.2, 0) is 0 Å². The van der Waals surface area contributed by atoms with Gasteiger partial charge in [-0.2, -0.15) is 0 Å². The van der Waals surface area contributed by atoms with Crippen LogP contribution in [0.5, 0.6) is 0 Å². The van der Waals surface area contributed by atoms with Crippen molar-refractivity contribution in [3.05, 3.63) is 6.55 Å². The molecular weight excluding hydrogens is 171 g/mol. The fraction of sp³-hybridized carbons (Fsp3) is 0.750. The molecule has 0 saturated carbocycles. The molecular formula is C4H11Cl2MgSi. The van der Waals surface area contributed by atoms with Crippen LogP contribution in [0.1, 0.15) is 0 Å². The summed E-state index contributed by atoms with van der Waals surface area (Å²) in [5, 5.41) is 0. The Hall–Kier alpha value is 1.56. The van der Waals surface area contributed by atoms with Gasteiger partial charge in [0.05, 0.1) is 0 Å². The molecule has 0 amide bonds. The van der Waals surface area contributed by atoms with Gasteiger partial charge in [0.15, 0.2) is 0 Å². The van der Waals surface area contributed by atoms with E-state index in [-0.39, 0.29) is 0 Å². The molecule has 0 spiro atoms. The minimum atomic E-state index is -0.861. The van der Waals surface area contributed by atoms with Crippen molar-refractivity contribution in [2.24, 2.45) is 0 Å². The van der Waals surface area contributed by atoms with Crippen LogP contribution in [0.2, 0.25) is 19.6 Å². The Morgan fingerprint density at radius 1 is 1.25 bits per heavy atom. The summed E-state index contributed by atoms with van der Waals surface area (Å²) < 4.78 is 0. The molecule has 0 rings (SSSR count). The van der Waals surface area contributed by atoms with Crippen LogP contribution in [0.4, 0.5) is 0 Å². The molecule has 0 aliphatic heterocycles. The van der Waals surface area contributed by atoms with Crippen LogP contribution < -0.4 is 0 Å². The minimum Gasteiger partial charge on any atom is -0.309 e. The zero-order chi connectivity index (χ0) is 7.21. The first-order valence-electron chi connectivity index (χ1n) is 2.39. The van der Waals surface area contributed by atoms with Crippen LogP contribution in [0, 0.1) is 6.55 Å². The molecule has 0 N–H and O–H groups in total. The van der Waals surface area contributed by atoms with Crippen LogP contribution in [0.3, 0.4) is 0 Å². The second kappa shape index (κ2) is 6.68. The highest BCUT2D eigenvalue weighted by atomic mass is 35.6. The maximum absolute atomic E-state index is 4.90. The van der Waals surface area contributed by atoms with Crippen molar-refractivity contribution in [1.29, 1.82) is 0 Å². The summed E-state index contributed by atoms with van der Waals surface area (Å²) in [5.41, 5.74) is 0. The molecule has 0 aliphatic carbocycles. The zero-order valence-corrected chi connectivity index (χ0v) is 9.60. The first kappa shape index (κ1) is 12.3. The minimum absolute atomic E-state index is 0.639. The molecule has 0 atom stereocenters. The number of hydrogen-bond acceptors (Lipinski definition) is 0. The number of halogens is 2. The monoisotopic (exact) mass is 181 g/mol. The first-order chi connectivity index (χ1) is 3.41. The van der Waals surface area contributed by atoms with Crippen molar-refractivity contribution >= 4 is 44.4 Å². The standard InChI is InChI=1S/C4H11Si.2ClH.Mg/c1-5(2,3)4;;;/h1H2,2-4H3;2*1H;/q;;;+2/p-2. The van der Waals surface area contributed by atoms with Crippen molar-refractivity contribution in [2.45, 2.75) is 19.6 Å². The van der Waals surface area contributed by atoms with E-state index in [1.807, 2.05) is 0 Å². The third-order valence-corrected chi connectivity index (χ3v) is 0. The summed E-state index contributed by atoms with van der Waals surface area (Å²) in [6.07, 6.45) is 0. The molecule has 0 aromatic heterocycles. The molecule has 1 radical (unpaired) electrons. The molecule has 0 unspecified atom stereocenters. The second-order valence-electron chi connectivity index (χ2n) is 2.66. The van der Waals surface area contributed by atoms with Crippen molar-refractivity contribution in [3.8, 4) is 0 Å². The predicted octanol–water partition coefficient (Wildman–Crippen LogP) is 2.70. The lowest BCUT2D eigenvalue weighted by molar-refractivity contribution is 1.78. The third-order valence-electron chi connectivity index (χ3n) is 0. The number of rotatable bonds is 0. The van der Waals surface area contributed by atoms with Crippen LogP contribution >= 0.6 is 18.1 Å². The summed E-state index contributed by atoms with van der Waals surface area (Å²) in [6.45, 7) is 10.6. The van der Waals surface area contributed by atoms with E-state index in [1.54, 1.807) is 0 Å². The van der Waals surface area contributed by atoms with E-state index in [0.29, 0.717) is 0 Å². The van der Waals surface area contributed by atoms with Crippen molar-refractivity contribution in [1.82, 2.24) is 0 Å². The van der Waals surface area contributed by atoms with Gasteiger partial charge in [0.1, 0.15) is 0 Å². The van der Waals surface area contributed by atoms with Crippen LogP contribution in [-0.4, -0.2) is 26.2 Å². The second-order valence-corrected chi connectivity index (χ2v) is 10.4. The van der Waals surface area contributed by atoms with Crippen molar-refractivity contribution in [3.63, 3.8) is 0 Å². The Morgan fingerprint density at radius 3 is 1.25 bits per heavy atom. The van der Waals surface area contributed by atoms with E-state index in [4.69, 9.17) is 18.1 Å². The normalized spacial score (nSPS) is 8.75. The van der Waals surface area contributed by atoms with Gasteiger partial charge >= 0.3 is 18.2 Å². The molecule has 0 aliphatic rings. The van der Waals surface area contributed by atoms with Crippen LogP contribution in [0.15, 0.2) is 0 Å². The molecule has 8 heavy (non-hydrogen) atoms. The highest BCUT2D eigenvalue weighted by Gasteiger charge is 1.99. The lowest BCUT2D eigenvalue weighted by atomic mass is 11.8. The van der Waals surface area contributed by atoms with Gasteiger partial charge in [-0.05, 0) is 0 Å². The van der Waals surface area contributed by atoms with Gasteiger partial charge in [-0.3, -0.25) is 0 Å². The summed E-state index contributed by atoms with van der Waals surface area (Å²) in [5.74, 6) is 0. The van der Waals surface area contributed by atoms with Gasteiger partial charge in [-0.1, -0.05) is 26.2 Å². The van der Waals surface area contributed by atoms with E-state index in [1.165, 1.54) is 0 Å². The molecule has 0 aromatic carbocycles. The van der Waals surface area contributed by atoms with Gasteiger partial charge < -0.3 is 18.1 Å². The molecule has 0 fully saturated rings. The molecule has 4 heteroatoms. The molecule has 47 valence electrons. The molecule has 0 saturated heterocycles. The zero-order valence-electron chi connectivity index (χ0n) is 5.67. The average molecular weight is 182 g/mol. The van der Waals surface area contributed by atoms with Crippen molar-refractivity contribution < 1.29 is 0 Å². The van der Waals surface area contributed by atoms with Gasteiger partial charge in [0.2, 0.25) is 0 Å². The predicted molar refractivity (Wildman–Crippen MR) is 46.2 cm³/mol. The smallest absolute Gasteiger partial charge is 0.309 e. The molecule has 0 heterocycles. The van der Waals surface area contributed by atoms with E-state index in [2.05, 4.69) is 26.2 Å². The quantitative estimate of drug-likeness (QED) is 0.505. The molecule has 0 nitrogen and oxygen atoms in total. The highest BCUT2D eigenvalue weighted by molar-refractivity contribution is 7.22. The Labute approximate surface area is 70.2 Å². The van der Waals surface area contributed by atoms with Gasteiger partial charge in [0.25, 0.3) is 0 Å². The summed E-state index contributed by atoms with van der Waals surface area (Å²) >= 11 is -0.639. The maximum Gasteiger partial charge on any atom is 0.618 e. The first-order valence-corrected chi connectivity index (χ1v) is 10.4. The largest absolute Gasteiger partial charge is 0.618 e. The summed E-state index contributed by atoms with van der Waals surface area (Å²) in [7, 11) is 8.94. The van der Waals surface area contributed by atoms with Gasteiger partial charge in [-0.15, -0.1) is 0 Å². The maximum atomic E-state index is 4.90. The Kier molecular flexibility index (Phi) is 10.2. The van der Waals surface area contributed by atoms with Gasteiger partial charge in [-0.25, -0.2) is 0 Å².